The molecule has 0 aliphatic carbocycles. The number of carbonyl (C=O) groups excluding carboxylic acids is 1. The van der Waals surface area contributed by atoms with Crippen molar-refractivity contribution in [1.29, 1.82) is 0 Å². The van der Waals surface area contributed by atoms with Gasteiger partial charge in [0.15, 0.2) is 10.9 Å². The molecule has 7 heteroatoms. The topological polar surface area (TPSA) is 64.1 Å². The van der Waals surface area contributed by atoms with Crippen LogP contribution in [0.4, 0.5) is 5.13 Å². The second-order valence-corrected chi connectivity index (χ2v) is 7.78. The van der Waals surface area contributed by atoms with Crippen molar-refractivity contribution in [3.63, 3.8) is 0 Å². The van der Waals surface area contributed by atoms with E-state index in [0.29, 0.717) is 10.9 Å². The van der Waals surface area contributed by atoms with Gasteiger partial charge in [-0.3, -0.25) is 10.1 Å². The number of ether oxygens (including phenoxy) is 1. The zero-order valence-corrected chi connectivity index (χ0v) is 15.8. The minimum absolute atomic E-state index is 0.0524. The van der Waals surface area contributed by atoms with Crippen molar-refractivity contribution in [3.8, 4) is 5.75 Å². The second-order valence-electron chi connectivity index (χ2n) is 5.46. The highest BCUT2D eigenvalue weighted by atomic mass is 32.2. The van der Waals surface area contributed by atoms with Crippen LogP contribution in [0, 0.1) is 0 Å². The molecule has 1 N–H and O–H groups in total. The van der Waals surface area contributed by atoms with Gasteiger partial charge in [0.1, 0.15) is 5.75 Å². The molecule has 0 aliphatic heterocycles. The molecule has 3 rings (SSSR count). The summed E-state index contributed by atoms with van der Waals surface area (Å²) < 4.78 is 6.27. The number of carbonyl (C=O) groups is 1. The third-order valence-corrected chi connectivity index (χ3v) is 5.50. The Morgan fingerprint density at radius 1 is 1.04 bits per heavy atom. The van der Waals surface area contributed by atoms with Gasteiger partial charge in [-0.2, -0.15) is 0 Å². The standard InChI is InChI=1S/C19H19N3O2S2/c23-17(14-24-16-11-5-2-6-12-16)20-18-21-22-19(26-18)25-13-7-10-15-8-3-1-4-9-15/h1-6,8-9,11-12H,7,10,13-14H2,(H,20,21,23). The molecule has 0 saturated heterocycles. The summed E-state index contributed by atoms with van der Waals surface area (Å²) in [6.45, 7) is -0.0524. The lowest BCUT2D eigenvalue weighted by Crippen LogP contribution is -2.20. The predicted molar refractivity (Wildman–Crippen MR) is 106 cm³/mol. The number of aromatic nitrogens is 2. The number of rotatable bonds is 9. The van der Waals surface area contributed by atoms with Gasteiger partial charge >= 0.3 is 0 Å². The smallest absolute Gasteiger partial charge is 0.264 e. The van der Waals surface area contributed by atoms with E-state index in [2.05, 4.69) is 39.8 Å². The van der Waals surface area contributed by atoms with Gasteiger partial charge in [-0.1, -0.05) is 71.6 Å². The van der Waals surface area contributed by atoms with Gasteiger partial charge in [0, 0.05) is 5.75 Å². The molecule has 1 aromatic heterocycles. The van der Waals surface area contributed by atoms with Crippen LogP contribution < -0.4 is 10.1 Å². The summed E-state index contributed by atoms with van der Waals surface area (Å²) in [5, 5.41) is 11.3. The van der Waals surface area contributed by atoms with Gasteiger partial charge < -0.3 is 4.74 Å². The summed E-state index contributed by atoms with van der Waals surface area (Å²) in [6.07, 6.45) is 2.12. The van der Waals surface area contributed by atoms with Gasteiger partial charge in [0.2, 0.25) is 5.13 Å². The first-order valence-electron chi connectivity index (χ1n) is 8.27. The Balaban J connectivity index is 1.36. The summed E-state index contributed by atoms with van der Waals surface area (Å²) in [6, 6.07) is 19.7. The largest absolute Gasteiger partial charge is 0.484 e. The quantitative estimate of drug-likeness (QED) is 0.338. The van der Waals surface area contributed by atoms with Crippen molar-refractivity contribution in [2.75, 3.05) is 17.7 Å². The maximum Gasteiger partial charge on any atom is 0.264 e. The molecule has 0 unspecified atom stereocenters. The summed E-state index contributed by atoms with van der Waals surface area (Å²) in [4.78, 5) is 11.9. The molecule has 0 radical (unpaired) electrons. The number of thioether (sulfide) groups is 1. The molecular formula is C19H19N3O2S2. The van der Waals surface area contributed by atoms with E-state index in [1.54, 1.807) is 11.8 Å². The lowest BCUT2D eigenvalue weighted by atomic mass is 10.1. The van der Waals surface area contributed by atoms with Crippen molar-refractivity contribution in [2.24, 2.45) is 0 Å². The van der Waals surface area contributed by atoms with Crippen molar-refractivity contribution < 1.29 is 9.53 Å². The lowest BCUT2D eigenvalue weighted by molar-refractivity contribution is -0.118. The molecule has 0 aliphatic rings. The Kier molecular flexibility index (Phi) is 7.04. The van der Waals surface area contributed by atoms with Crippen LogP contribution in [0.2, 0.25) is 0 Å². The fourth-order valence-electron chi connectivity index (χ4n) is 2.22. The average Bonchev–Trinajstić information content (AvgIpc) is 3.12. The molecule has 2 aromatic carbocycles. The Morgan fingerprint density at radius 2 is 1.77 bits per heavy atom. The number of anilines is 1. The van der Waals surface area contributed by atoms with E-state index in [4.69, 9.17) is 4.74 Å². The number of amides is 1. The van der Waals surface area contributed by atoms with Crippen LogP contribution in [0.5, 0.6) is 5.75 Å². The SMILES string of the molecule is O=C(COc1ccccc1)Nc1nnc(SCCCc2ccccc2)s1. The Morgan fingerprint density at radius 3 is 2.54 bits per heavy atom. The van der Waals surface area contributed by atoms with Crippen LogP contribution in [-0.4, -0.2) is 28.5 Å². The Bertz CT molecular complexity index is 810. The number of hydrogen-bond acceptors (Lipinski definition) is 6. The second kappa shape index (κ2) is 9.94. The van der Waals surface area contributed by atoms with Crippen LogP contribution in [0.3, 0.4) is 0 Å². The first-order chi connectivity index (χ1) is 12.8. The zero-order valence-electron chi connectivity index (χ0n) is 14.1. The molecular weight excluding hydrogens is 366 g/mol. The van der Waals surface area contributed by atoms with Crippen molar-refractivity contribution in [3.05, 3.63) is 66.2 Å². The fourth-order valence-corrected chi connectivity index (χ4v) is 4.00. The summed E-state index contributed by atoms with van der Waals surface area (Å²) in [5.41, 5.74) is 1.34. The van der Waals surface area contributed by atoms with E-state index in [0.717, 1.165) is 22.9 Å². The van der Waals surface area contributed by atoms with E-state index in [9.17, 15) is 4.79 Å². The molecule has 1 amide bonds. The minimum atomic E-state index is -0.245. The first kappa shape index (κ1) is 18.4. The van der Waals surface area contributed by atoms with E-state index in [1.165, 1.54) is 16.9 Å². The molecule has 26 heavy (non-hydrogen) atoms. The molecule has 134 valence electrons. The number of para-hydroxylation sites is 1. The Hall–Kier alpha value is -2.38. The first-order valence-corrected chi connectivity index (χ1v) is 10.1. The molecule has 3 aromatic rings. The summed E-state index contributed by atoms with van der Waals surface area (Å²) in [5.74, 6) is 1.38. The maximum absolute atomic E-state index is 11.9. The lowest BCUT2D eigenvalue weighted by Gasteiger charge is -2.04. The van der Waals surface area contributed by atoms with Crippen LogP contribution >= 0.6 is 23.1 Å². The van der Waals surface area contributed by atoms with E-state index < -0.39 is 0 Å². The van der Waals surface area contributed by atoms with E-state index in [-0.39, 0.29) is 12.5 Å². The van der Waals surface area contributed by atoms with Crippen LogP contribution in [0.25, 0.3) is 0 Å². The van der Waals surface area contributed by atoms with Crippen molar-refractivity contribution >= 4 is 34.1 Å². The normalized spacial score (nSPS) is 10.5. The highest BCUT2D eigenvalue weighted by Crippen LogP contribution is 2.26. The number of hydrogen-bond donors (Lipinski definition) is 1. The van der Waals surface area contributed by atoms with E-state index >= 15 is 0 Å². The van der Waals surface area contributed by atoms with Gasteiger partial charge in [-0.15, -0.1) is 10.2 Å². The molecule has 0 bridgehead atoms. The number of benzene rings is 2. The fraction of sp³-hybridized carbons (Fsp3) is 0.211. The van der Waals surface area contributed by atoms with E-state index in [1.807, 2.05) is 36.4 Å². The van der Waals surface area contributed by atoms with Crippen molar-refractivity contribution in [1.82, 2.24) is 10.2 Å². The van der Waals surface area contributed by atoms with Gasteiger partial charge in [0.05, 0.1) is 0 Å². The monoisotopic (exact) mass is 385 g/mol. The molecule has 0 fully saturated rings. The van der Waals surface area contributed by atoms with Crippen molar-refractivity contribution in [2.45, 2.75) is 17.2 Å². The highest BCUT2D eigenvalue weighted by Gasteiger charge is 2.09. The molecule has 1 heterocycles. The third-order valence-electron chi connectivity index (χ3n) is 3.44. The number of nitrogens with one attached hydrogen (secondary N) is 1. The van der Waals surface area contributed by atoms with Crippen LogP contribution in [0.1, 0.15) is 12.0 Å². The van der Waals surface area contributed by atoms with Crippen LogP contribution in [-0.2, 0) is 11.2 Å². The number of nitrogens with zero attached hydrogens (tertiary/aromatic N) is 2. The molecule has 0 atom stereocenters. The molecule has 5 nitrogen and oxygen atoms in total. The van der Waals surface area contributed by atoms with Gasteiger partial charge in [0.25, 0.3) is 5.91 Å². The summed E-state index contributed by atoms with van der Waals surface area (Å²) >= 11 is 3.04. The number of aryl methyl sites for hydroxylation is 1. The molecule has 0 spiro atoms. The minimum Gasteiger partial charge on any atom is -0.484 e. The van der Waals surface area contributed by atoms with Crippen LogP contribution in [0.15, 0.2) is 65.0 Å². The van der Waals surface area contributed by atoms with Gasteiger partial charge in [-0.25, -0.2) is 0 Å². The Labute approximate surface area is 160 Å². The van der Waals surface area contributed by atoms with Gasteiger partial charge in [-0.05, 0) is 30.5 Å². The average molecular weight is 386 g/mol. The zero-order chi connectivity index (χ0) is 18.0. The molecule has 0 saturated carbocycles. The maximum atomic E-state index is 11.9. The summed E-state index contributed by atoms with van der Waals surface area (Å²) in [7, 11) is 0. The third kappa shape index (κ3) is 6.16. The predicted octanol–water partition coefficient (Wildman–Crippen LogP) is 4.28. The highest BCUT2D eigenvalue weighted by molar-refractivity contribution is 8.01.